The Morgan fingerprint density at radius 2 is 1.75 bits per heavy atom. The molecule has 5 nitrogen and oxygen atoms in total. The molecule has 3 amide bonds. The highest BCUT2D eigenvalue weighted by Gasteiger charge is 2.51. The third-order valence-electron chi connectivity index (χ3n) is 2.36. The van der Waals surface area contributed by atoms with Crippen LogP contribution in [0.2, 0.25) is 0 Å². The van der Waals surface area contributed by atoms with Crippen molar-refractivity contribution in [3.05, 3.63) is 0 Å². The molecular formula is C7H8N2O3. The predicted molar refractivity (Wildman–Crippen MR) is 37.8 cm³/mol. The Morgan fingerprint density at radius 3 is 2.17 bits per heavy atom. The molecule has 0 aliphatic carbocycles. The van der Waals surface area contributed by atoms with Gasteiger partial charge in [0.05, 0.1) is 5.41 Å². The lowest BCUT2D eigenvalue weighted by molar-refractivity contribution is -0.129. The van der Waals surface area contributed by atoms with Crippen LogP contribution in [0.5, 0.6) is 0 Å². The summed E-state index contributed by atoms with van der Waals surface area (Å²) in [5.41, 5.74) is -0.770. The van der Waals surface area contributed by atoms with Crippen LogP contribution in [-0.4, -0.2) is 24.3 Å². The zero-order valence-electron chi connectivity index (χ0n) is 6.35. The van der Waals surface area contributed by atoms with Crippen molar-refractivity contribution in [1.29, 1.82) is 0 Å². The van der Waals surface area contributed by atoms with Crippen LogP contribution in [0.1, 0.15) is 12.8 Å². The van der Waals surface area contributed by atoms with Gasteiger partial charge in [-0.25, -0.2) is 0 Å². The Balaban J connectivity index is 2.27. The molecule has 2 aliphatic heterocycles. The number of carbonyl (C=O) groups is 3. The summed E-state index contributed by atoms with van der Waals surface area (Å²) in [6.45, 7) is 0.295. The van der Waals surface area contributed by atoms with E-state index in [9.17, 15) is 14.4 Å². The van der Waals surface area contributed by atoms with Crippen molar-refractivity contribution in [3.8, 4) is 0 Å². The predicted octanol–water partition coefficient (Wildman–Crippen LogP) is -1.46. The molecule has 64 valence electrons. The molecule has 2 rings (SSSR count). The monoisotopic (exact) mass is 168 g/mol. The SMILES string of the molecule is O=C1C[C@@]2(CN1)CC(=O)NC2=O. The summed E-state index contributed by atoms with van der Waals surface area (Å²) >= 11 is 0. The maximum atomic E-state index is 11.2. The lowest BCUT2D eigenvalue weighted by atomic mass is 9.85. The van der Waals surface area contributed by atoms with Gasteiger partial charge in [0.25, 0.3) is 0 Å². The highest BCUT2D eigenvalue weighted by molar-refractivity contribution is 6.08. The van der Waals surface area contributed by atoms with Crippen molar-refractivity contribution in [1.82, 2.24) is 10.6 Å². The van der Waals surface area contributed by atoms with E-state index in [0.29, 0.717) is 6.54 Å². The normalized spacial score (nSPS) is 34.2. The lowest BCUT2D eigenvalue weighted by Gasteiger charge is -2.13. The molecule has 2 aliphatic rings. The zero-order valence-corrected chi connectivity index (χ0v) is 6.35. The molecule has 0 radical (unpaired) electrons. The number of hydrogen-bond acceptors (Lipinski definition) is 3. The maximum Gasteiger partial charge on any atom is 0.235 e. The van der Waals surface area contributed by atoms with E-state index >= 15 is 0 Å². The Hall–Kier alpha value is -1.39. The van der Waals surface area contributed by atoms with Gasteiger partial charge in [0.2, 0.25) is 17.7 Å². The van der Waals surface area contributed by atoms with Crippen LogP contribution >= 0.6 is 0 Å². The van der Waals surface area contributed by atoms with Crippen LogP contribution < -0.4 is 10.6 Å². The van der Waals surface area contributed by atoms with Gasteiger partial charge in [-0.3, -0.25) is 19.7 Å². The quantitative estimate of drug-likeness (QED) is 0.434. The van der Waals surface area contributed by atoms with Crippen LogP contribution in [0.25, 0.3) is 0 Å². The lowest BCUT2D eigenvalue weighted by Crippen LogP contribution is -2.33. The van der Waals surface area contributed by atoms with Crippen LogP contribution in [-0.2, 0) is 14.4 Å². The van der Waals surface area contributed by atoms with Gasteiger partial charge >= 0.3 is 0 Å². The number of rotatable bonds is 0. The molecule has 0 saturated carbocycles. The van der Waals surface area contributed by atoms with Gasteiger partial charge in [0, 0.05) is 19.4 Å². The Bertz CT molecular complexity index is 282. The second-order valence-corrected chi connectivity index (χ2v) is 3.29. The van der Waals surface area contributed by atoms with Gasteiger partial charge in [0.15, 0.2) is 0 Å². The molecule has 1 atom stereocenters. The fourth-order valence-corrected chi connectivity index (χ4v) is 1.68. The summed E-state index contributed by atoms with van der Waals surface area (Å²) in [6, 6.07) is 0. The summed E-state index contributed by atoms with van der Waals surface area (Å²) in [5.74, 6) is -0.748. The van der Waals surface area contributed by atoms with Gasteiger partial charge < -0.3 is 5.32 Å². The number of nitrogens with one attached hydrogen (secondary N) is 2. The summed E-state index contributed by atoms with van der Waals surface area (Å²) in [4.78, 5) is 32.9. The first kappa shape index (κ1) is 7.27. The molecule has 2 fully saturated rings. The van der Waals surface area contributed by atoms with Gasteiger partial charge in [-0.2, -0.15) is 0 Å². The van der Waals surface area contributed by atoms with E-state index < -0.39 is 5.41 Å². The molecule has 2 N–H and O–H groups in total. The molecule has 0 bridgehead atoms. The summed E-state index contributed by atoms with van der Waals surface area (Å²) in [7, 11) is 0. The number of amides is 3. The topological polar surface area (TPSA) is 75.3 Å². The summed E-state index contributed by atoms with van der Waals surface area (Å²) < 4.78 is 0. The first-order valence-corrected chi connectivity index (χ1v) is 3.73. The number of imide groups is 1. The largest absolute Gasteiger partial charge is 0.355 e. The first-order chi connectivity index (χ1) is 5.62. The Kier molecular flexibility index (Phi) is 1.25. The van der Waals surface area contributed by atoms with Crippen LogP contribution in [0, 0.1) is 5.41 Å². The Morgan fingerprint density at radius 1 is 1.08 bits per heavy atom. The fourth-order valence-electron chi connectivity index (χ4n) is 1.68. The minimum Gasteiger partial charge on any atom is -0.355 e. The van der Waals surface area contributed by atoms with Crippen molar-refractivity contribution >= 4 is 17.7 Å². The smallest absolute Gasteiger partial charge is 0.235 e. The van der Waals surface area contributed by atoms with Gasteiger partial charge in [-0.1, -0.05) is 0 Å². The van der Waals surface area contributed by atoms with Crippen LogP contribution in [0.4, 0.5) is 0 Å². The zero-order chi connectivity index (χ0) is 8.77. The first-order valence-electron chi connectivity index (χ1n) is 3.73. The van der Waals surface area contributed by atoms with Crippen molar-refractivity contribution in [3.63, 3.8) is 0 Å². The summed E-state index contributed by atoms with van der Waals surface area (Å²) in [5, 5.41) is 4.75. The average molecular weight is 168 g/mol. The van der Waals surface area contributed by atoms with E-state index in [-0.39, 0.29) is 30.6 Å². The minimum absolute atomic E-state index is 0.143. The van der Waals surface area contributed by atoms with E-state index in [1.54, 1.807) is 0 Å². The van der Waals surface area contributed by atoms with E-state index in [0.717, 1.165) is 0 Å². The third kappa shape index (κ3) is 0.823. The van der Waals surface area contributed by atoms with Crippen molar-refractivity contribution < 1.29 is 14.4 Å². The van der Waals surface area contributed by atoms with E-state index in [1.807, 2.05) is 0 Å². The highest BCUT2D eigenvalue weighted by Crippen LogP contribution is 2.33. The molecule has 0 aromatic rings. The van der Waals surface area contributed by atoms with Gasteiger partial charge in [0.1, 0.15) is 0 Å². The van der Waals surface area contributed by atoms with Crippen molar-refractivity contribution in [2.75, 3.05) is 6.54 Å². The maximum absolute atomic E-state index is 11.2. The molecule has 0 unspecified atom stereocenters. The van der Waals surface area contributed by atoms with Crippen LogP contribution in [0.15, 0.2) is 0 Å². The van der Waals surface area contributed by atoms with Gasteiger partial charge in [-0.15, -0.1) is 0 Å². The van der Waals surface area contributed by atoms with E-state index in [4.69, 9.17) is 0 Å². The third-order valence-corrected chi connectivity index (χ3v) is 2.36. The van der Waals surface area contributed by atoms with Crippen LogP contribution in [0.3, 0.4) is 0 Å². The molecule has 0 aromatic carbocycles. The molecule has 2 saturated heterocycles. The molecular weight excluding hydrogens is 160 g/mol. The standard InChI is InChI=1S/C7H8N2O3/c10-4-1-7(3-8-4)2-5(11)9-6(7)12/h1-3H2,(H,8,10)(H,9,11,12)/t7-/m0/s1. The second kappa shape index (κ2) is 2.06. The number of carbonyl (C=O) groups excluding carboxylic acids is 3. The molecule has 1 spiro atoms. The molecule has 5 heteroatoms. The second-order valence-electron chi connectivity index (χ2n) is 3.29. The molecule has 0 aromatic heterocycles. The molecule has 12 heavy (non-hydrogen) atoms. The van der Waals surface area contributed by atoms with Gasteiger partial charge in [-0.05, 0) is 0 Å². The Labute approximate surface area is 68.5 Å². The van der Waals surface area contributed by atoms with Crippen molar-refractivity contribution in [2.24, 2.45) is 5.41 Å². The highest BCUT2D eigenvalue weighted by atomic mass is 16.2. The average Bonchev–Trinajstić information content (AvgIpc) is 2.43. The summed E-state index contributed by atoms with van der Waals surface area (Å²) in [6.07, 6.45) is 0.287. The van der Waals surface area contributed by atoms with E-state index in [1.165, 1.54) is 0 Å². The molecule has 2 heterocycles. The number of hydrogen-bond donors (Lipinski definition) is 2. The minimum atomic E-state index is -0.770. The van der Waals surface area contributed by atoms with E-state index in [2.05, 4.69) is 10.6 Å². The van der Waals surface area contributed by atoms with Crippen molar-refractivity contribution in [2.45, 2.75) is 12.8 Å². The fraction of sp³-hybridized carbons (Fsp3) is 0.571.